The van der Waals surface area contributed by atoms with Crippen molar-refractivity contribution in [2.24, 2.45) is 0 Å². The highest BCUT2D eigenvalue weighted by Gasteiger charge is 2.33. The van der Waals surface area contributed by atoms with E-state index in [1.807, 2.05) is 36.4 Å². The predicted molar refractivity (Wildman–Crippen MR) is 126 cm³/mol. The number of nitrogens with zero attached hydrogens (tertiary/aromatic N) is 1. The lowest BCUT2D eigenvalue weighted by Gasteiger charge is -2.14. The fraction of sp³-hybridized carbons (Fsp3) is 0.130. The fourth-order valence-corrected chi connectivity index (χ4v) is 3.92. The molecule has 1 aliphatic heterocycles. The molecule has 2 aromatic rings. The maximum absolute atomic E-state index is 12.6. The van der Waals surface area contributed by atoms with Crippen LogP contribution >= 0.6 is 24.0 Å². The van der Waals surface area contributed by atoms with E-state index in [-0.39, 0.29) is 25.0 Å². The van der Waals surface area contributed by atoms with Gasteiger partial charge in [-0.05, 0) is 42.8 Å². The Morgan fingerprint density at radius 2 is 1.84 bits per heavy atom. The van der Waals surface area contributed by atoms with Gasteiger partial charge < -0.3 is 10.1 Å². The van der Waals surface area contributed by atoms with Crippen LogP contribution in [0.3, 0.4) is 0 Å². The Bertz CT molecular complexity index is 1050. The Morgan fingerprint density at radius 1 is 1.13 bits per heavy atom. The first-order valence-corrected chi connectivity index (χ1v) is 10.7. The molecule has 2 aromatic carbocycles. The van der Waals surface area contributed by atoms with E-state index in [4.69, 9.17) is 17.0 Å². The van der Waals surface area contributed by atoms with Gasteiger partial charge in [-0.25, -0.2) is 4.79 Å². The summed E-state index contributed by atoms with van der Waals surface area (Å²) < 4.78 is 5.26. The number of hydrogen-bond donors (Lipinski definition) is 1. The Morgan fingerprint density at radius 3 is 2.52 bits per heavy atom. The summed E-state index contributed by atoms with van der Waals surface area (Å²) in [5.74, 6) is -1.12. The molecule has 1 aliphatic rings. The molecule has 1 fully saturated rings. The summed E-state index contributed by atoms with van der Waals surface area (Å²) in [5.41, 5.74) is 1.91. The number of benzene rings is 2. The number of nitrogens with one attached hydrogen (secondary N) is 1. The molecule has 0 atom stereocenters. The maximum atomic E-state index is 12.6. The molecule has 8 heteroatoms. The minimum absolute atomic E-state index is 0.190. The standard InChI is InChI=1S/C23H20N2O4S2/c1-2-29-22(28)17-11-13-18(14-12-17)24-20(26)15-25-21(27)19(31-23(25)30)10-6-9-16-7-4-3-5-8-16/h3-14H,2,15H2,1H3,(H,24,26). The number of thioether (sulfide) groups is 1. The predicted octanol–water partition coefficient (Wildman–Crippen LogP) is 4.26. The Balaban J connectivity index is 1.58. The van der Waals surface area contributed by atoms with Crippen LogP contribution in [0.5, 0.6) is 0 Å². The minimum Gasteiger partial charge on any atom is -0.462 e. The summed E-state index contributed by atoms with van der Waals surface area (Å²) in [5, 5.41) is 2.70. The highest BCUT2D eigenvalue weighted by atomic mass is 32.2. The van der Waals surface area contributed by atoms with E-state index in [1.165, 1.54) is 4.90 Å². The highest BCUT2D eigenvalue weighted by molar-refractivity contribution is 8.26. The van der Waals surface area contributed by atoms with E-state index < -0.39 is 5.97 Å². The number of carbonyl (C=O) groups excluding carboxylic acids is 3. The summed E-state index contributed by atoms with van der Waals surface area (Å²) in [6, 6.07) is 16.0. The molecule has 0 spiro atoms. The molecular formula is C23H20N2O4S2. The van der Waals surface area contributed by atoms with E-state index in [9.17, 15) is 14.4 Å². The quantitative estimate of drug-likeness (QED) is 0.384. The largest absolute Gasteiger partial charge is 0.462 e. The summed E-state index contributed by atoms with van der Waals surface area (Å²) in [6.07, 6.45) is 5.37. The average Bonchev–Trinajstić information content (AvgIpc) is 3.02. The number of rotatable bonds is 7. The van der Waals surface area contributed by atoms with E-state index in [1.54, 1.807) is 43.3 Å². The van der Waals surface area contributed by atoms with Crippen molar-refractivity contribution < 1.29 is 19.1 Å². The van der Waals surface area contributed by atoms with Crippen molar-refractivity contribution in [1.82, 2.24) is 4.90 Å². The molecule has 1 saturated heterocycles. The van der Waals surface area contributed by atoms with Crippen LogP contribution in [-0.2, 0) is 14.3 Å². The molecular weight excluding hydrogens is 432 g/mol. The van der Waals surface area contributed by atoms with Crippen LogP contribution in [0.2, 0.25) is 0 Å². The first-order valence-electron chi connectivity index (χ1n) is 9.52. The molecule has 0 bridgehead atoms. The number of thiocarbonyl (C=S) groups is 1. The molecule has 0 aliphatic carbocycles. The Kier molecular flexibility index (Phi) is 7.75. The van der Waals surface area contributed by atoms with E-state index in [2.05, 4.69) is 5.32 Å². The summed E-state index contributed by atoms with van der Waals surface area (Å²) >= 11 is 6.43. The number of anilines is 1. The molecule has 0 unspecified atom stereocenters. The highest BCUT2D eigenvalue weighted by Crippen LogP contribution is 2.30. The van der Waals surface area contributed by atoms with Gasteiger partial charge in [-0.2, -0.15) is 0 Å². The van der Waals surface area contributed by atoms with Crippen LogP contribution < -0.4 is 5.32 Å². The van der Waals surface area contributed by atoms with Crippen LogP contribution in [0.4, 0.5) is 5.69 Å². The Labute approximate surface area is 190 Å². The first-order chi connectivity index (χ1) is 15.0. The molecule has 158 valence electrons. The van der Waals surface area contributed by atoms with E-state index in [0.29, 0.717) is 20.5 Å². The topological polar surface area (TPSA) is 75.7 Å². The number of ether oxygens (including phenoxy) is 1. The zero-order valence-electron chi connectivity index (χ0n) is 16.7. The van der Waals surface area contributed by atoms with E-state index >= 15 is 0 Å². The molecule has 3 rings (SSSR count). The molecule has 1 N–H and O–H groups in total. The molecule has 31 heavy (non-hydrogen) atoms. The molecule has 0 radical (unpaired) electrons. The third-order valence-electron chi connectivity index (χ3n) is 4.19. The number of esters is 1. The van der Waals surface area contributed by atoms with Crippen molar-refractivity contribution >= 4 is 57.8 Å². The van der Waals surface area contributed by atoms with Gasteiger partial charge >= 0.3 is 5.97 Å². The van der Waals surface area contributed by atoms with Gasteiger partial charge in [0.25, 0.3) is 5.91 Å². The number of amides is 2. The molecule has 0 aromatic heterocycles. The first kappa shape index (κ1) is 22.5. The van der Waals surface area contributed by atoms with Crippen molar-refractivity contribution in [1.29, 1.82) is 0 Å². The second-order valence-electron chi connectivity index (χ2n) is 6.41. The van der Waals surface area contributed by atoms with Crippen LogP contribution in [0, 0.1) is 0 Å². The zero-order valence-corrected chi connectivity index (χ0v) is 18.4. The fourth-order valence-electron chi connectivity index (χ4n) is 2.71. The lowest BCUT2D eigenvalue weighted by atomic mass is 10.2. The minimum atomic E-state index is -0.425. The smallest absolute Gasteiger partial charge is 0.338 e. The third-order valence-corrected chi connectivity index (χ3v) is 5.59. The third kappa shape index (κ3) is 6.13. The van der Waals surface area contributed by atoms with Gasteiger partial charge in [-0.15, -0.1) is 0 Å². The lowest BCUT2D eigenvalue weighted by Crippen LogP contribution is -2.36. The van der Waals surface area contributed by atoms with Crippen molar-refractivity contribution in [2.45, 2.75) is 6.92 Å². The number of hydrogen-bond acceptors (Lipinski definition) is 6. The number of carbonyl (C=O) groups is 3. The van der Waals surface area contributed by atoms with Gasteiger partial charge in [0.1, 0.15) is 10.9 Å². The Hall–Kier alpha value is -3.23. The average molecular weight is 453 g/mol. The van der Waals surface area contributed by atoms with E-state index in [0.717, 1.165) is 17.3 Å². The lowest BCUT2D eigenvalue weighted by molar-refractivity contribution is -0.126. The van der Waals surface area contributed by atoms with Gasteiger partial charge in [0.15, 0.2) is 0 Å². The number of allylic oxidation sites excluding steroid dienone is 2. The van der Waals surface area contributed by atoms with Gasteiger partial charge in [0.05, 0.1) is 17.1 Å². The second-order valence-corrected chi connectivity index (χ2v) is 8.08. The van der Waals surface area contributed by atoms with Crippen molar-refractivity contribution in [3.63, 3.8) is 0 Å². The zero-order chi connectivity index (χ0) is 22.2. The molecule has 0 saturated carbocycles. The molecule has 2 amide bonds. The van der Waals surface area contributed by atoms with Gasteiger partial charge in [0.2, 0.25) is 5.91 Å². The second kappa shape index (κ2) is 10.7. The summed E-state index contributed by atoms with van der Waals surface area (Å²) in [7, 11) is 0. The van der Waals surface area contributed by atoms with Gasteiger partial charge in [-0.1, -0.05) is 66.5 Å². The summed E-state index contributed by atoms with van der Waals surface area (Å²) in [6.45, 7) is 1.83. The van der Waals surface area contributed by atoms with Crippen LogP contribution in [0.1, 0.15) is 22.8 Å². The monoisotopic (exact) mass is 452 g/mol. The van der Waals surface area contributed by atoms with Crippen LogP contribution in [0.25, 0.3) is 6.08 Å². The normalized spacial score (nSPS) is 15.0. The van der Waals surface area contributed by atoms with Gasteiger partial charge in [0, 0.05) is 5.69 Å². The van der Waals surface area contributed by atoms with Gasteiger partial charge in [-0.3, -0.25) is 14.5 Å². The maximum Gasteiger partial charge on any atom is 0.338 e. The molecule has 6 nitrogen and oxygen atoms in total. The van der Waals surface area contributed by atoms with Crippen molar-refractivity contribution in [3.8, 4) is 0 Å². The summed E-state index contributed by atoms with van der Waals surface area (Å²) in [4.78, 5) is 38.4. The van der Waals surface area contributed by atoms with Crippen LogP contribution in [0.15, 0.2) is 71.7 Å². The van der Waals surface area contributed by atoms with Crippen molar-refractivity contribution in [3.05, 3.63) is 82.8 Å². The SMILES string of the molecule is CCOC(=O)c1ccc(NC(=O)CN2C(=O)C(=CC=Cc3ccccc3)SC2=S)cc1. The van der Waals surface area contributed by atoms with Crippen LogP contribution in [-0.4, -0.2) is 40.2 Å². The van der Waals surface area contributed by atoms with Crippen molar-refractivity contribution in [2.75, 3.05) is 18.5 Å². The molecule has 1 heterocycles.